The number of nitrogens with zero attached hydrogens (tertiary/aromatic N) is 3. The molecule has 0 unspecified atom stereocenters. The number of para-hydroxylation sites is 1. The van der Waals surface area contributed by atoms with E-state index < -0.39 is 5.82 Å². The molecule has 1 amide bonds. The van der Waals surface area contributed by atoms with Gasteiger partial charge in [-0.2, -0.15) is 0 Å². The second-order valence-electron chi connectivity index (χ2n) is 8.22. The lowest BCUT2D eigenvalue weighted by atomic mass is 9.97. The number of halogens is 1. The summed E-state index contributed by atoms with van der Waals surface area (Å²) in [6.45, 7) is 4.83. The molecule has 164 valence electrons. The maximum atomic E-state index is 14.8. The van der Waals surface area contributed by atoms with Gasteiger partial charge in [0, 0.05) is 18.2 Å². The van der Waals surface area contributed by atoms with Gasteiger partial charge in [0.1, 0.15) is 17.7 Å². The number of carbonyl (C=O) groups excluding carboxylic acids is 1. The van der Waals surface area contributed by atoms with E-state index in [0.29, 0.717) is 24.4 Å². The lowest BCUT2D eigenvalue weighted by Crippen LogP contribution is -2.47. The fraction of sp³-hybridized carbons (Fsp3) is 0.280. The molecule has 0 N–H and O–H groups in total. The first-order valence-corrected chi connectivity index (χ1v) is 10.7. The van der Waals surface area contributed by atoms with Crippen molar-refractivity contribution in [2.75, 3.05) is 13.2 Å². The van der Waals surface area contributed by atoms with Gasteiger partial charge in [-0.25, -0.2) is 9.37 Å². The highest BCUT2D eigenvalue weighted by atomic mass is 19.1. The summed E-state index contributed by atoms with van der Waals surface area (Å²) in [5.41, 5.74) is 2.78. The summed E-state index contributed by atoms with van der Waals surface area (Å²) in [4.78, 5) is 19.3. The maximum absolute atomic E-state index is 14.8. The van der Waals surface area contributed by atoms with E-state index in [1.54, 1.807) is 35.3 Å². The van der Waals surface area contributed by atoms with Crippen LogP contribution in [0, 0.1) is 12.7 Å². The first-order chi connectivity index (χ1) is 15.5. The van der Waals surface area contributed by atoms with E-state index in [9.17, 15) is 9.18 Å². The summed E-state index contributed by atoms with van der Waals surface area (Å²) in [6, 6.07) is 12.6. The largest absolute Gasteiger partial charge is 0.493 e. The molecule has 3 aromatic rings. The van der Waals surface area contributed by atoms with Crippen molar-refractivity contribution in [2.45, 2.75) is 32.4 Å². The number of morpholine rings is 1. The van der Waals surface area contributed by atoms with Gasteiger partial charge in [-0.05, 0) is 43.7 Å². The molecule has 0 saturated carbocycles. The Morgan fingerprint density at radius 1 is 1.22 bits per heavy atom. The van der Waals surface area contributed by atoms with Crippen LogP contribution in [0.15, 0.2) is 60.7 Å². The Hall–Kier alpha value is -3.61. The molecular weight excluding hydrogens is 409 g/mol. The lowest BCUT2D eigenvalue weighted by molar-refractivity contribution is -0.142. The fourth-order valence-electron chi connectivity index (χ4n) is 4.34. The van der Waals surface area contributed by atoms with E-state index in [-0.39, 0.29) is 23.8 Å². The minimum absolute atomic E-state index is 0.0780. The van der Waals surface area contributed by atoms with Gasteiger partial charge in [0.25, 0.3) is 5.91 Å². The quantitative estimate of drug-likeness (QED) is 0.574. The van der Waals surface area contributed by atoms with Crippen molar-refractivity contribution < 1.29 is 18.7 Å². The van der Waals surface area contributed by atoms with E-state index in [0.717, 1.165) is 23.4 Å². The van der Waals surface area contributed by atoms with Crippen LogP contribution in [0.4, 0.5) is 4.39 Å². The SMILES string of the molecule is Cc1cn(-c2ccc(C=C3O[C@H](C)CN([C@H]4CCOc5ccccc54)C3=O)cc2F)cn1. The molecule has 0 spiro atoms. The average Bonchev–Trinajstić information content (AvgIpc) is 3.21. The van der Waals surface area contributed by atoms with Crippen molar-refractivity contribution in [1.82, 2.24) is 14.5 Å². The minimum Gasteiger partial charge on any atom is -0.493 e. The molecule has 32 heavy (non-hydrogen) atoms. The molecule has 3 heterocycles. The molecule has 1 aromatic heterocycles. The summed E-state index contributed by atoms with van der Waals surface area (Å²) in [7, 11) is 0. The van der Waals surface area contributed by atoms with Gasteiger partial charge in [0.05, 0.1) is 36.9 Å². The van der Waals surface area contributed by atoms with E-state index in [1.165, 1.54) is 6.07 Å². The Morgan fingerprint density at radius 2 is 2.06 bits per heavy atom. The third-order valence-electron chi connectivity index (χ3n) is 5.82. The number of rotatable bonds is 3. The summed E-state index contributed by atoms with van der Waals surface area (Å²) >= 11 is 0. The minimum atomic E-state index is -0.400. The Bertz CT molecular complexity index is 1200. The van der Waals surface area contributed by atoms with E-state index >= 15 is 0 Å². The number of hydrogen-bond acceptors (Lipinski definition) is 4. The Balaban J connectivity index is 1.44. The number of aryl methyl sites for hydroxylation is 1. The average molecular weight is 433 g/mol. The number of benzene rings is 2. The van der Waals surface area contributed by atoms with E-state index in [4.69, 9.17) is 9.47 Å². The van der Waals surface area contributed by atoms with Gasteiger partial charge in [0.2, 0.25) is 0 Å². The number of aromatic nitrogens is 2. The van der Waals surface area contributed by atoms with Gasteiger partial charge >= 0.3 is 0 Å². The summed E-state index contributed by atoms with van der Waals surface area (Å²) in [5.74, 6) is 0.440. The normalized spacial score (nSPS) is 21.8. The number of imidazole rings is 1. The molecule has 2 aliphatic heterocycles. The number of amides is 1. The van der Waals surface area contributed by atoms with Gasteiger partial charge in [-0.1, -0.05) is 24.3 Å². The van der Waals surface area contributed by atoms with Crippen LogP contribution in [0.1, 0.15) is 36.2 Å². The van der Waals surface area contributed by atoms with Gasteiger partial charge in [-0.15, -0.1) is 0 Å². The lowest BCUT2D eigenvalue weighted by Gasteiger charge is -2.40. The summed E-state index contributed by atoms with van der Waals surface area (Å²) in [6.07, 6.45) is 5.49. The predicted molar refractivity (Wildman–Crippen MR) is 118 cm³/mol. The van der Waals surface area contributed by atoms with Crippen LogP contribution in [0.2, 0.25) is 0 Å². The van der Waals surface area contributed by atoms with E-state index in [1.807, 2.05) is 43.0 Å². The number of hydrogen-bond donors (Lipinski definition) is 0. The number of ether oxygens (including phenoxy) is 2. The Kier molecular flexibility index (Phi) is 5.17. The molecule has 6 nitrogen and oxygen atoms in total. The zero-order chi connectivity index (χ0) is 22.2. The van der Waals surface area contributed by atoms with Crippen LogP contribution in [0.25, 0.3) is 11.8 Å². The van der Waals surface area contributed by atoms with Crippen LogP contribution in [-0.2, 0) is 9.53 Å². The fourth-order valence-corrected chi connectivity index (χ4v) is 4.34. The standard InChI is InChI=1S/C25H24FN3O3/c1-16-13-28(15-27-16)22-8-7-18(11-20(22)26)12-24-25(30)29(14-17(2)32-24)21-9-10-31-23-6-4-3-5-19(21)23/h3-8,11-13,15,17,21H,9-10,14H2,1-2H3/t17-,21+/m1/s1. The second-order valence-corrected chi connectivity index (χ2v) is 8.22. The van der Waals surface area contributed by atoms with Gasteiger partial charge in [-0.3, -0.25) is 4.79 Å². The van der Waals surface area contributed by atoms with Crippen molar-refractivity contribution in [2.24, 2.45) is 0 Å². The summed E-state index contributed by atoms with van der Waals surface area (Å²) in [5, 5.41) is 0. The van der Waals surface area contributed by atoms with Crippen LogP contribution in [0.3, 0.4) is 0 Å². The topological polar surface area (TPSA) is 56.6 Å². The van der Waals surface area contributed by atoms with Crippen LogP contribution in [0.5, 0.6) is 5.75 Å². The first-order valence-electron chi connectivity index (χ1n) is 10.7. The van der Waals surface area contributed by atoms with Crippen molar-refractivity contribution >= 4 is 12.0 Å². The molecule has 0 bridgehead atoms. The van der Waals surface area contributed by atoms with Crippen LogP contribution < -0.4 is 4.74 Å². The predicted octanol–water partition coefficient (Wildman–Crippen LogP) is 4.43. The Labute approximate surface area is 185 Å². The number of carbonyl (C=O) groups is 1. The second kappa shape index (κ2) is 8.15. The van der Waals surface area contributed by atoms with Gasteiger partial charge in [0.15, 0.2) is 5.76 Å². The third-order valence-corrected chi connectivity index (χ3v) is 5.82. The molecule has 1 saturated heterocycles. The zero-order valence-corrected chi connectivity index (χ0v) is 18.0. The molecule has 5 rings (SSSR count). The maximum Gasteiger partial charge on any atom is 0.289 e. The molecular formula is C25H24FN3O3. The Morgan fingerprint density at radius 3 is 2.84 bits per heavy atom. The molecule has 7 heteroatoms. The van der Waals surface area contributed by atoms with Crippen LogP contribution >= 0.6 is 0 Å². The zero-order valence-electron chi connectivity index (χ0n) is 18.0. The van der Waals surface area contributed by atoms with Crippen LogP contribution in [-0.4, -0.2) is 39.6 Å². The number of fused-ring (bicyclic) bond motifs is 1. The highest BCUT2D eigenvalue weighted by Crippen LogP contribution is 2.38. The molecule has 1 fully saturated rings. The third kappa shape index (κ3) is 3.75. The van der Waals surface area contributed by atoms with Crippen molar-refractivity contribution in [3.63, 3.8) is 0 Å². The first kappa shape index (κ1) is 20.3. The smallest absolute Gasteiger partial charge is 0.289 e. The molecule has 2 aromatic carbocycles. The highest BCUT2D eigenvalue weighted by molar-refractivity contribution is 5.96. The monoisotopic (exact) mass is 433 g/mol. The van der Waals surface area contributed by atoms with Crippen molar-refractivity contribution in [3.8, 4) is 11.4 Å². The van der Waals surface area contributed by atoms with E-state index in [2.05, 4.69) is 4.98 Å². The molecule has 2 atom stereocenters. The molecule has 2 aliphatic rings. The van der Waals surface area contributed by atoms with Crippen molar-refractivity contribution in [1.29, 1.82) is 0 Å². The highest BCUT2D eigenvalue weighted by Gasteiger charge is 2.37. The van der Waals surface area contributed by atoms with Gasteiger partial charge < -0.3 is 18.9 Å². The van der Waals surface area contributed by atoms with Crippen molar-refractivity contribution in [3.05, 3.63) is 83.4 Å². The molecule has 0 aliphatic carbocycles. The molecule has 0 radical (unpaired) electrons. The summed E-state index contributed by atoms with van der Waals surface area (Å²) < 4.78 is 28.0.